The third kappa shape index (κ3) is 3.51. The van der Waals surface area contributed by atoms with Gasteiger partial charge in [0, 0.05) is 11.1 Å². The molecule has 0 spiro atoms. The summed E-state index contributed by atoms with van der Waals surface area (Å²) in [5.41, 5.74) is -0.461. The van der Waals surface area contributed by atoms with Gasteiger partial charge in [-0.3, -0.25) is 14.5 Å². The van der Waals surface area contributed by atoms with E-state index in [0.29, 0.717) is 16.5 Å². The van der Waals surface area contributed by atoms with Crippen LogP contribution in [0.25, 0.3) is 0 Å². The van der Waals surface area contributed by atoms with Gasteiger partial charge in [0.1, 0.15) is 12.3 Å². The van der Waals surface area contributed by atoms with E-state index in [4.69, 9.17) is 16.3 Å². The summed E-state index contributed by atoms with van der Waals surface area (Å²) < 4.78 is 5.77. The molecule has 0 atom stereocenters. The molecule has 1 aromatic carbocycles. The number of nitrogens with one attached hydrogen (secondary N) is 1. The van der Waals surface area contributed by atoms with Gasteiger partial charge < -0.3 is 10.1 Å². The fourth-order valence-corrected chi connectivity index (χ4v) is 3.53. The summed E-state index contributed by atoms with van der Waals surface area (Å²) in [6.45, 7) is 3.40. The van der Waals surface area contributed by atoms with E-state index in [1.165, 1.54) is 11.3 Å². The summed E-state index contributed by atoms with van der Waals surface area (Å²) in [6, 6.07) is 5.33. The number of ether oxygens (including phenoxy) is 1. The number of benzene rings is 1. The highest BCUT2D eigenvalue weighted by Gasteiger charge is 2.41. The van der Waals surface area contributed by atoms with Crippen LogP contribution in [0.1, 0.15) is 46.0 Å². The van der Waals surface area contributed by atoms with Gasteiger partial charge in [0.05, 0.1) is 5.69 Å². The molecule has 3 rings (SSSR count). The van der Waals surface area contributed by atoms with Gasteiger partial charge in [0.25, 0.3) is 5.91 Å². The van der Waals surface area contributed by atoms with Gasteiger partial charge in [-0.2, -0.15) is 0 Å². The average molecular weight is 351 g/mol. The lowest BCUT2D eigenvalue weighted by atomic mass is 9.95. The first kappa shape index (κ1) is 17.1. The number of halogens is 1. The monoisotopic (exact) mass is 350 g/mol. The van der Waals surface area contributed by atoms with Crippen LogP contribution in [0, 0.1) is 0 Å². The first-order valence-electron chi connectivity index (χ1n) is 8.47. The molecule has 130 valence electrons. The quantitative estimate of drug-likeness (QED) is 0.910. The molecule has 0 unspecified atom stereocenters. The van der Waals surface area contributed by atoms with E-state index >= 15 is 0 Å². The predicted molar refractivity (Wildman–Crippen MR) is 93.5 cm³/mol. The Morgan fingerprint density at radius 1 is 1.33 bits per heavy atom. The van der Waals surface area contributed by atoms with E-state index in [2.05, 4.69) is 5.32 Å². The van der Waals surface area contributed by atoms with Gasteiger partial charge in [0.15, 0.2) is 5.60 Å². The zero-order chi connectivity index (χ0) is 17.3. The smallest absolute Gasteiger partial charge is 0.271 e. The fourth-order valence-electron chi connectivity index (χ4n) is 3.36. The number of rotatable bonds is 3. The van der Waals surface area contributed by atoms with E-state index in [9.17, 15) is 9.59 Å². The van der Waals surface area contributed by atoms with Crippen LogP contribution in [0.5, 0.6) is 5.75 Å². The van der Waals surface area contributed by atoms with Crippen LogP contribution in [0.4, 0.5) is 5.69 Å². The van der Waals surface area contributed by atoms with Crippen molar-refractivity contribution in [2.75, 3.05) is 11.4 Å². The number of carbonyl (C=O) groups is 2. The Morgan fingerprint density at radius 2 is 2.04 bits per heavy atom. The number of amides is 2. The van der Waals surface area contributed by atoms with E-state index < -0.39 is 5.60 Å². The van der Waals surface area contributed by atoms with Crippen LogP contribution >= 0.6 is 11.6 Å². The van der Waals surface area contributed by atoms with E-state index in [1.807, 2.05) is 0 Å². The highest BCUT2D eigenvalue weighted by Crippen LogP contribution is 2.39. The number of carbonyl (C=O) groups excluding carboxylic acids is 2. The standard InChI is InChI=1S/C18H23ClN2O3/c1-18(2)17(23)21(14-10-12(19)8-9-15(14)24-18)11-16(22)20-13-6-4-3-5-7-13/h8-10,13H,3-7,11H2,1-2H3,(H,20,22). The van der Waals surface area contributed by atoms with Crippen molar-refractivity contribution in [3.05, 3.63) is 23.2 Å². The van der Waals surface area contributed by atoms with Crippen molar-refractivity contribution >= 4 is 29.1 Å². The van der Waals surface area contributed by atoms with Crippen LogP contribution in [0.2, 0.25) is 5.02 Å². The molecule has 1 aliphatic carbocycles. The SMILES string of the molecule is CC1(C)Oc2ccc(Cl)cc2N(CC(=O)NC2CCCCC2)C1=O. The Bertz CT molecular complexity index is 654. The van der Waals surface area contributed by atoms with Crippen LogP contribution in [0.3, 0.4) is 0 Å². The van der Waals surface area contributed by atoms with Crippen molar-refractivity contribution < 1.29 is 14.3 Å². The highest BCUT2D eigenvalue weighted by molar-refractivity contribution is 6.31. The van der Waals surface area contributed by atoms with Crippen LogP contribution < -0.4 is 15.0 Å². The molecule has 1 aliphatic heterocycles. The third-order valence-electron chi connectivity index (χ3n) is 4.61. The normalized spacial score (nSPS) is 20.3. The topological polar surface area (TPSA) is 58.6 Å². The molecular weight excluding hydrogens is 328 g/mol. The Morgan fingerprint density at radius 3 is 2.75 bits per heavy atom. The maximum atomic E-state index is 12.7. The summed E-state index contributed by atoms with van der Waals surface area (Å²) in [4.78, 5) is 26.7. The molecule has 24 heavy (non-hydrogen) atoms. The molecule has 1 fully saturated rings. The third-order valence-corrected chi connectivity index (χ3v) is 4.84. The second kappa shape index (κ2) is 6.63. The molecule has 0 radical (unpaired) electrons. The van der Waals surface area contributed by atoms with Gasteiger partial charge in [-0.1, -0.05) is 30.9 Å². The molecule has 6 heteroatoms. The summed E-state index contributed by atoms with van der Waals surface area (Å²) in [5, 5.41) is 3.56. The number of hydrogen-bond donors (Lipinski definition) is 1. The lowest BCUT2D eigenvalue weighted by Crippen LogP contribution is -2.55. The van der Waals surface area contributed by atoms with Gasteiger partial charge >= 0.3 is 0 Å². The number of hydrogen-bond acceptors (Lipinski definition) is 3. The number of anilines is 1. The maximum absolute atomic E-state index is 12.7. The first-order valence-corrected chi connectivity index (χ1v) is 8.84. The Hall–Kier alpha value is -1.75. The largest absolute Gasteiger partial charge is 0.476 e. The second-order valence-corrected chi connectivity index (χ2v) is 7.45. The van der Waals surface area contributed by atoms with Crippen LogP contribution in [-0.4, -0.2) is 30.0 Å². The molecule has 0 bridgehead atoms. The second-order valence-electron chi connectivity index (χ2n) is 7.02. The predicted octanol–water partition coefficient (Wildman–Crippen LogP) is 3.29. The minimum atomic E-state index is -1.01. The molecule has 5 nitrogen and oxygen atoms in total. The van der Waals surface area contributed by atoms with Gasteiger partial charge in [0.2, 0.25) is 5.91 Å². The summed E-state index contributed by atoms with van der Waals surface area (Å²) in [5.74, 6) is 0.185. The molecule has 2 aliphatic rings. The van der Waals surface area contributed by atoms with Gasteiger partial charge in [-0.05, 0) is 44.9 Å². The van der Waals surface area contributed by atoms with Crippen molar-refractivity contribution in [3.63, 3.8) is 0 Å². The van der Waals surface area contributed by atoms with Crippen molar-refractivity contribution in [1.29, 1.82) is 0 Å². The molecule has 2 amide bonds. The lowest BCUT2D eigenvalue weighted by molar-refractivity contribution is -0.134. The minimum absolute atomic E-state index is 0.0184. The van der Waals surface area contributed by atoms with Crippen molar-refractivity contribution in [2.24, 2.45) is 0 Å². The van der Waals surface area contributed by atoms with Crippen molar-refractivity contribution in [1.82, 2.24) is 5.32 Å². The van der Waals surface area contributed by atoms with E-state index in [0.717, 1.165) is 25.7 Å². The first-order chi connectivity index (χ1) is 11.4. The lowest BCUT2D eigenvalue weighted by Gasteiger charge is -2.38. The molecule has 1 saturated carbocycles. The van der Waals surface area contributed by atoms with Crippen molar-refractivity contribution in [2.45, 2.75) is 57.6 Å². The Labute approximate surface area is 147 Å². The molecule has 1 aromatic rings. The molecule has 0 aromatic heterocycles. The van der Waals surface area contributed by atoms with Crippen LogP contribution in [0.15, 0.2) is 18.2 Å². The maximum Gasteiger partial charge on any atom is 0.271 e. The highest BCUT2D eigenvalue weighted by atomic mass is 35.5. The van der Waals surface area contributed by atoms with Gasteiger partial charge in [-0.25, -0.2) is 0 Å². The van der Waals surface area contributed by atoms with Crippen LogP contribution in [-0.2, 0) is 9.59 Å². The zero-order valence-corrected chi connectivity index (χ0v) is 14.9. The number of nitrogens with zero attached hydrogens (tertiary/aromatic N) is 1. The molecule has 1 heterocycles. The summed E-state index contributed by atoms with van der Waals surface area (Å²) in [6.07, 6.45) is 5.54. The summed E-state index contributed by atoms with van der Waals surface area (Å²) in [7, 11) is 0. The fraction of sp³-hybridized carbons (Fsp3) is 0.556. The van der Waals surface area contributed by atoms with Gasteiger partial charge in [-0.15, -0.1) is 0 Å². The molecule has 1 N–H and O–H groups in total. The van der Waals surface area contributed by atoms with E-state index in [1.54, 1.807) is 32.0 Å². The average Bonchev–Trinajstić information content (AvgIpc) is 2.53. The van der Waals surface area contributed by atoms with Crippen molar-refractivity contribution in [3.8, 4) is 5.75 Å². The molecule has 0 saturated heterocycles. The Kier molecular flexibility index (Phi) is 4.72. The molecular formula is C18H23ClN2O3. The van der Waals surface area contributed by atoms with E-state index in [-0.39, 0.29) is 24.4 Å². The zero-order valence-electron chi connectivity index (χ0n) is 14.1. The Balaban J connectivity index is 1.79. The number of fused-ring (bicyclic) bond motifs is 1. The summed E-state index contributed by atoms with van der Waals surface area (Å²) >= 11 is 6.06. The minimum Gasteiger partial charge on any atom is -0.476 e.